The van der Waals surface area contributed by atoms with Gasteiger partial charge in [-0.15, -0.1) is 0 Å². The summed E-state index contributed by atoms with van der Waals surface area (Å²) in [5.74, 6) is 0. The molecule has 0 unspecified atom stereocenters. The Balaban J connectivity index is 0.00000243. The van der Waals surface area contributed by atoms with Gasteiger partial charge in [-0.25, -0.2) is 0 Å². The molecule has 3 aromatic rings. The minimum absolute atomic E-state index is 0. The van der Waals surface area contributed by atoms with Crippen LogP contribution in [0.15, 0.2) is 94.0 Å². The van der Waals surface area contributed by atoms with E-state index in [0.29, 0.717) is 11.4 Å². The van der Waals surface area contributed by atoms with Gasteiger partial charge >= 0.3 is 29.6 Å². The van der Waals surface area contributed by atoms with Crippen molar-refractivity contribution >= 4 is 62.4 Å². The van der Waals surface area contributed by atoms with Gasteiger partial charge in [-0.3, -0.25) is 4.55 Å². The van der Waals surface area contributed by atoms with Gasteiger partial charge < -0.3 is 5.32 Å². The molecular weight excluding hydrogens is 361 g/mol. The van der Waals surface area contributed by atoms with E-state index in [1.54, 1.807) is 18.2 Å². The topological polar surface area (TPSA) is 91.1 Å². The van der Waals surface area contributed by atoms with Crippen LogP contribution in [0.2, 0.25) is 0 Å². The van der Waals surface area contributed by atoms with E-state index < -0.39 is 10.1 Å². The number of hydrogen-bond donors (Lipinski definition) is 2. The van der Waals surface area contributed by atoms with Crippen molar-refractivity contribution in [2.45, 2.75) is 4.90 Å². The first-order valence-corrected chi connectivity index (χ1v) is 8.86. The van der Waals surface area contributed by atoms with Crippen molar-refractivity contribution in [3.63, 3.8) is 0 Å². The van der Waals surface area contributed by atoms with Crippen LogP contribution in [0, 0.1) is 0 Å². The van der Waals surface area contributed by atoms with Crippen molar-refractivity contribution < 1.29 is 13.0 Å². The van der Waals surface area contributed by atoms with Crippen LogP contribution in [0.3, 0.4) is 0 Å². The van der Waals surface area contributed by atoms with Crippen molar-refractivity contribution in [1.82, 2.24) is 0 Å². The molecule has 2 N–H and O–H groups in total. The molecule has 8 heteroatoms. The monoisotopic (exact) mass is 377 g/mol. The SMILES string of the molecule is O=S(=O)(O)c1cccc(/N=N/c2ccc(Nc3ccccc3)cc2)c1.[NaH]. The van der Waals surface area contributed by atoms with E-state index in [2.05, 4.69) is 15.5 Å². The summed E-state index contributed by atoms with van der Waals surface area (Å²) in [7, 11) is -4.25. The summed E-state index contributed by atoms with van der Waals surface area (Å²) in [6, 6.07) is 22.7. The zero-order valence-electron chi connectivity index (χ0n) is 13.1. The van der Waals surface area contributed by atoms with Crippen molar-refractivity contribution in [2.24, 2.45) is 10.2 Å². The molecule has 0 bridgehead atoms. The fourth-order valence-electron chi connectivity index (χ4n) is 2.12. The average Bonchev–Trinajstić information content (AvgIpc) is 2.62. The van der Waals surface area contributed by atoms with E-state index in [0.717, 1.165) is 11.4 Å². The number of anilines is 2. The van der Waals surface area contributed by atoms with Gasteiger partial charge in [0.15, 0.2) is 0 Å². The maximum atomic E-state index is 11.1. The molecule has 0 aliphatic carbocycles. The molecule has 6 nitrogen and oxygen atoms in total. The Labute approximate surface area is 174 Å². The zero-order valence-corrected chi connectivity index (χ0v) is 13.9. The summed E-state index contributed by atoms with van der Waals surface area (Å²) < 4.78 is 31.3. The molecule has 26 heavy (non-hydrogen) atoms. The van der Waals surface area contributed by atoms with Crippen LogP contribution in [0.25, 0.3) is 0 Å². The normalized spacial score (nSPS) is 11.1. The van der Waals surface area contributed by atoms with Gasteiger partial charge in [-0.2, -0.15) is 18.6 Å². The van der Waals surface area contributed by atoms with Gasteiger partial charge in [0.2, 0.25) is 0 Å². The van der Waals surface area contributed by atoms with Crippen LogP contribution in [-0.2, 0) is 10.1 Å². The van der Waals surface area contributed by atoms with Gasteiger partial charge in [-0.05, 0) is 54.6 Å². The molecule has 0 atom stereocenters. The van der Waals surface area contributed by atoms with Gasteiger partial charge in [0, 0.05) is 11.4 Å². The van der Waals surface area contributed by atoms with Gasteiger partial charge in [0.05, 0.1) is 16.3 Å². The van der Waals surface area contributed by atoms with Crippen LogP contribution >= 0.6 is 0 Å². The van der Waals surface area contributed by atoms with E-state index in [1.165, 1.54) is 18.2 Å². The second-order valence-corrected chi connectivity index (χ2v) is 6.63. The Hall–Kier alpha value is -2.03. The van der Waals surface area contributed by atoms with E-state index in [1.807, 2.05) is 42.5 Å². The minimum atomic E-state index is -4.25. The maximum absolute atomic E-state index is 11.1. The van der Waals surface area contributed by atoms with Crippen LogP contribution in [0.5, 0.6) is 0 Å². The molecule has 0 saturated carbocycles. The third-order valence-electron chi connectivity index (χ3n) is 3.33. The van der Waals surface area contributed by atoms with Gasteiger partial charge in [0.25, 0.3) is 10.1 Å². The predicted molar refractivity (Wildman–Crippen MR) is 104 cm³/mol. The third kappa shape index (κ3) is 5.76. The van der Waals surface area contributed by atoms with Crippen molar-refractivity contribution in [2.75, 3.05) is 5.32 Å². The fraction of sp³-hybridized carbons (Fsp3) is 0. The number of nitrogens with one attached hydrogen (secondary N) is 1. The quantitative estimate of drug-likeness (QED) is 0.391. The number of nitrogens with zero attached hydrogens (tertiary/aromatic N) is 2. The molecule has 0 heterocycles. The molecule has 0 aliphatic rings. The standard InChI is InChI=1S/C18H15N3O3S.Na.H/c22-25(23,24)18-8-4-7-17(13-18)21-20-16-11-9-15(10-12-16)19-14-5-2-1-3-6-14;;/h1-13,19H,(H,22,23,24);;/b21-20+;;. The van der Waals surface area contributed by atoms with E-state index in [4.69, 9.17) is 4.55 Å². The predicted octanol–water partition coefficient (Wildman–Crippen LogP) is 4.44. The molecule has 3 rings (SSSR count). The van der Waals surface area contributed by atoms with E-state index in [9.17, 15) is 8.42 Å². The Kier molecular flexibility index (Phi) is 7.07. The van der Waals surface area contributed by atoms with Crippen LogP contribution in [0.1, 0.15) is 0 Å². The first kappa shape index (κ1) is 20.3. The number of rotatable bonds is 5. The summed E-state index contributed by atoms with van der Waals surface area (Å²) in [5.41, 5.74) is 2.86. The van der Waals surface area contributed by atoms with Gasteiger partial charge in [0.1, 0.15) is 0 Å². The molecule has 0 spiro atoms. The second kappa shape index (κ2) is 9.07. The molecule has 0 fully saturated rings. The molecule has 0 amide bonds. The van der Waals surface area contributed by atoms with Crippen LogP contribution < -0.4 is 5.32 Å². The Bertz CT molecular complexity index is 992. The summed E-state index contributed by atoms with van der Waals surface area (Å²) in [4.78, 5) is -0.216. The average molecular weight is 377 g/mol. The Morgan fingerprint density at radius 2 is 1.35 bits per heavy atom. The summed E-state index contributed by atoms with van der Waals surface area (Å²) in [6.07, 6.45) is 0. The van der Waals surface area contributed by atoms with Gasteiger partial charge in [-0.1, -0.05) is 24.3 Å². The second-order valence-electron chi connectivity index (χ2n) is 5.21. The molecule has 128 valence electrons. The summed E-state index contributed by atoms with van der Waals surface area (Å²) in [5, 5.41) is 11.3. The molecule has 3 aromatic carbocycles. The van der Waals surface area contributed by atoms with Crippen molar-refractivity contribution in [3.8, 4) is 0 Å². The van der Waals surface area contributed by atoms with Crippen LogP contribution in [-0.4, -0.2) is 42.5 Å². The number of para-hydroxylation sites is 1. The number of hydrogen-bond acceptors (Lipinski definition) is 5. The fourth-order valence-corrected chi connectivity index (χ4v) is 2.64. The third-order valence-corrected chi connectivity index (χ3v) is 4.18. The number of benzene rings is 3. The van der Waals surface area contributed by atoms with E-state index in [-0.39, 0.29) is 34.5 Å². The van der Waals surface area contributed by atoms with Crippen molar-refractivity contribution in [1.29, 1.82) is 0 Å². The first-order valence-electron chi connectivity index (χ1n) is 7.42. The molecule has 0 saturated heterocycles. The first-order chi connectivity index (χ1) is 12.0. The van der Waals surface area contributed by atoms with Crippen LogP contribution in [0.4, 0.5) is 22.7 Å². The number of azo groups is 1. The molecule has 0 aliphatic heterocycles. The van der Waals surface area contributed by atoms with E-state index >= 15 is 0 Å². The summed E-state index contributed by atoms with van der Waals surface area (Å²) >= 11 is 0. The zero-order chi connectivity index (χ0) is 17.7. The Morgan fingerprint density at radius 3 is 2.00 bits per heavy atom. The Morgan fingerprint density at radius 1 is 0.731 bits per heavy atom. The molecular formula is C18H16N3NaO3S. The molecule has 0 aromatic heterocycles. The molecule has 0 radical (unpaired) electrons. The van der Waals surface area contributed by atoms with Crippen molar-refractivity contribution in [3.05, 3.63) is 78.9 Å². The summed E-state index contributed by atoms with van der Waals surface area (Å²) in [6.45, 7) is 0.